The molecule has 2 aromatic rings. The Morgan fingerprint density at radius 3 is 2.80 bits per heavy atom. The molecule has 1 atom stereocenters. The second-order valence-corrected chi connectivity index (χ2v) is 7.89. The van der Waals surface area contributed by atoms with Gasteiger partial charge < -0.3 is 24.8 Å². The zero-order valence-corrected chi connectivity index (χ0v) is 17.3. The Morgan fingerprint density at radius 2 is 2.17 bits per heavy atom. The van der Waals surface area contributed by atoms with Crippen LogP contribution in [0.25, 0.3) is 0 Å². The number of morpholine rings is 1. The number of ether oxygens (including phenoxy) is 3. The van der Waals surface area contributed by atoms with E-state index < -0.39 is 0 Å². The molecule has 2 fully saturated rings. The lowest BCUT2D eigenvalue weighted by atomic mass is 9.98. The van der Waals surface area contributed by atoms with E-state index in [1.54, 1.807) is 6.07 Å². The molecule has 1 aromatic carbocycles. The summed E-state index contributed by atoms with van der Waals surface area (Å²) in [5.41, 5.74) is 7.94. The number of benzene rings is 1. The van der Waals surface area contributed by atoms with E-state index in [4.69, 9.17) is 25.4 Å². The second kappa shape index (κ2) is 8.65. The molecule has 3 N–H and O–H groups in total. The Kier molecular flexibility index (Phi) is 6.38. The number of nitrogens with zero attached hydrogens (tertiary/aromatic N) is 3. The smallest absolute Gasteiger partial charge is 0.155 e. The van der Waals surface area contributed by atoms with Crippen LogP contribution in [-0.2, 0) is 16.5 Å². The van der Waals surface area contributed by atoms with E-state index >= 15 is 0 Å². The summed E-state index contributed by atoms with van der Waals surface area (Å²) in [5, 5.41) is 13.3. The van der Waals surface area contributed by atoms with E-state index in [2.05, 4.69) is 23.8 Å². The van der Waals surface area contributed by atoms with Gasteiger partial charge in [-0.15, -0.1) is 0 Å². The third-order valence-electron chi connectivity index (χ3n) is 5.68. The van der Waals surface area contributed by atoms with Crippen LogP contribution < -0.4 is 15.4 Å². The Bertz CT molecular complexity index is 907. The molecule has 1 aromatic heterocycles. The predicted molar refractivity (Wildman–Crippen MR) is 121 cm³/mol. The van der Waals surface area contributed by atoms with Gasteiger partial charge in [0.15, 0.2) is 5.60 Å². The highest BCUT2D eigenvalue weighted by atomic mass is 16.6. The molecule has 3 heterocycles. The summed E-state index contributed by atoms with van der Waals surface area (Å²) in [7, 11) is 1.90. The minimum Gasteiger partial charge on any atom is -0.482 e. The second-order valence-electron chi connectivity index (χ2n) is 7.89. The van der Waals surface area contributed by atoms with Crippen molar-refractivity contribution in [3.63, 3.8) is 0 Å². The van der Waals surface area contributed by atoms with Crippen molar-refractivity contribution in [1.82, 2.24) is 9.78 Å². The summed E-state index contributed by atoms with van der Waals surface area (Å²) < 4.78 is 19.0. The summed E-state index contributed by atoms with van der Waals surface area (Å²) in [4.78, 5) is 2.24. The minimum atomic E-state index is -0.277. The van der Waals surface area contributed by atoms with Gasteiger partial charge in [0.05, 0.1) is 31.6 Å². The highest BCUT2D eigenvalue weighted by Crippen LogP contribution is 2.31. The fourth-order valence-electron chi connectivity index (χ4n) is 3.77. The number of nitrogens with two attached hydrogens (primary N) is 1. The van der Waals surface area contributed by atoms with E-state index in [9.17, 15) is 0 Å². The molecule has 4 rings (SSSR count). The number of nitrogens with one attached hydrogen (secondary N) is 1. The third kappa shape index (κ3) is 4.15. The van der Waals surface area contributed by atoms with Crippen LogP contribution in [0.15, 0.2) is 24.3 Å². The van der Waals surface area contributed by atoms with Gasteiger partial charge in [0.2, 0.25) is 0 Å². The maximum Gasteiger partial charge on any atom is 0.155 e. The summed E-state index contributed by atoms with van der Waals surface area (Å²) in [6.07, 6.45) is 1.04. The molecule has 8 nitrogen and oxygen atoms in total. The van der Waals surface area contributed by atoms with Crippen molar-refractivity contribution in [3.8, 4) is 5.75 Å². The number of aryl methyl sites for hydroxylation is 1. The molecule has 0 saturated carbocycles. The van der Waals surface area contributed by atoms with Gasteiger partial charge in [-0.25, -0.2) is 0 Å². The predicted octanol–water partition coefficient (Wildman–Crippen LogP) is 3.08. The largest absolute Gasteiger partial charge is 0.482 e. The molecule has 30 heavy (non-hydrogen) atoms. The normalized spacial score (nSPS) is 20.2. The number of hydrogen-bond donors (Lipinski definition) is 2. The van der Waals surface area contributed by atoms with E-state index in [-0.39, 0.29) is 26.3 Å². The molecular formula is C22H35N5O3. The van der Waals surface area contributed by atoms with Crippen LogP contribution >= 0.6 is 0 Å². The first-order valence-corrected chi connectivity index (χ1v) is 10.1. The molecule has 0 amide bonds. The quantitative estimate of drug-likeness (QED) is 0.554. The molecule has 0 unspecified atom stereocenters. The average Bonchev–Trinajstić information content (AvgIpc) is 3.07. The average molecular weight is 418 g/mol. The van der Waals surface area contributed by atoms with Crippen LogP contribution in [0.1, 0.15) is 40.4 Å². The highest BCUT2D eigenvalue weighted by Gasteiger charge is 2.39. The van der Waals surface area contributed by atoms with Gasteiger partial charge in [0.25, 0.3) is 0 Å². The lowest BCUT2D eigenvalue weighted by Gasteiger charge is -2.40. The number of rotatable bonds is 6. The fourth-order valence-corrected chi connectivity index (χ4v) is 3.77. The van der Waals surface area contributed by atoms with Gasteiger partial charge >= 0.3 is 0 Å². The van der Waals surface area contributed by atoms with Gasteiger partial charge in [-0.3, -0.25) is 10.1 Å². The van der Waals surface area contributed by atoms with Crippen LogP contribution in [0.3, 0.4) is 0 Å². The zero-order chi connectivity index (χ0) is 20.6. The Labute approximate surface area is 179 Å². The number of hydrogen-bond acceptors (Lipinski definition) is 7. The molecule has 0 bridgehead atoms. The SMILES string of the molecule is C.CCC1(Oc2ccc(N)c(C(=N)c3cc(N4CCO[C@H](C)C4)n(C)n3)c2)COC1.[HH]. The van der Waals surface area contributed by atoms with Crippen molar-refractivity contribution in [2.45, 2.75) is 39.4 Å². The Hall–Kier alpha value is -2.58. The Morgan fingerprint density at radius 1 is 1.40 bits per heavy atom. The minimum absolute atomic E-state index is 0. The maximum absolute atomic E-state index is 8.73. The first kappa shape index (κ1) is 22.1. The zero-order valence-electron chi connectivity index (χ0n) is 17.3. The van der Waals surface area contributed by atoms with E-state index in [0.29, 0.717) is 42.5 Å². The number of aromatic nitrogens is 2. The van der Waals surface area contributed by atoms with Crippen molar-refractivity contribution >= 4 is 17.2 Å². The molecule has 0 aliphatic carbocycles. The molecule has 166 valence electrons. The first-order chi connectivity index (χ1) is 13.9. The third-order valence-corrected chi connectivity index (χ3v) is 5.68. The van der Waals surface area contributed by atoms with Crippen LogP contribution in [-0.4, -0.2) is 60.1 Å². The first-order valence-electron chi connectivity index (χ1n) is 10.1. The molecular weight excluding hydrogens is 382 g/mol. The summed E-state index contributed by atoms with van der Waals surface area (Å²) in [5.74, 6) is 1.67. The summed E-state index contributed by atoms with van der Waals surface area (Å²) in [6.45, 7) is 7.62. The lowest BCUT2D eigenvalue weighted by molar-refractivity contribution is -0.162. The van der Waals surface area contributed by atoms with E-state index in [1.165, 1.54) is 0 Å². The van der Waals surface area contributed by atoms with Crippen molar-refractivity contribution in [3.05, 3.63) is 35.5 Å². The Balaban J connectivity index is 0.00000171. The van der Waals surface area contributed by atoms with Crippen LogP contribution in [0.4, 0.5) is 11.5 Å². The van der Waals surface area contributed by atoms with Gasteiger partial charge in [0, 0.05) is 38.9 Å². The summed E-state index contributed by atoms with van der Waals surface area (Å²) in [6, 6.07) is 7.41. The van der Waals surface area contributed by atoms with Gasteiger partial charge in [0.1, 0.15) is 17.3 Å². The van der Waals surface area contributed by atoms with Gasteiger partial charge in [-0.2, -0.15) is 5.10 Å². The molecule has 2 saturated heterocycles. The number of nitrogen functional groups attached to an aromatic ring is 1. The molecule has 0 radical (unpaired) electrons. The van der Waals surface area contributed by atoms with Gasteiger partial charge in [-0.05, 0) is 31.5 Å². The van der Waals surface area contributed by atoms with Crippen molar-refractivity contribution in [1.29, 1.82) is 5.41 Å². The van der Waals surface area contributed by atoms with Gasteiger partial charge in [-0.1, -0.05) is 14.4 Å². The topological polar surface area (TPSA) is 98.6 Å². The summed E-state index contributed by atoms with van der Waals surface area (Å²) >= 11 is 0. The van der Waals surface area contributed by atoms with Crippen LogP contribution in [0.2, 0.25) is 0 Å². The van der Waals surface area contributed by atoms with Crippen molar-refractivity contribution in [2.75, 3.05) is 43.5 Å². The molecule has 2 aliphatic heterocycles. The number of anilines is 2. The maximum atomic E-state index is 8.73. The fraction of sp³-hybridized carbons (Fsp3) is 0.545. The lowest BCUT2D eigenvalue weighted by Crippen LogP contribution is -2.53. The molecule has 8 heteroatoms. The molecule has 2 aliphatic rings. The monoisotopic (exact) mass is 417 g/mol. The molecule has 0 spiro atoms. The standard InChI is InChI=1S/C21H29N5O3.CH4.H2/c1-4-21(12-27-13-21)29-15-5-6-17(22)16(9-15)20(23)18-10-19(25(3)24-18)26-7-8-28-14(2)11-26;;/h5-6,9-10,14,23H,4,7-8,11-13,22H2,1-3H3;1H4;1H/t14-;;/m1../s1. The van der Waals surface area contributed by atoms with E-state index in [0.717, 1.165) is 25.3 Å². The van der Waals surface area contributed by atoms with Crippen LogP contribution in [0, 0.1) is 5.41 Å². The van der Waals surface area contributed by atoms with Crippen molar-refractivity contribution in [2.24, 2.45) is 7.05 Å². The highest BCUT2D eigenvalue weighted by molar-refractivity contribution is 6.13. The van der Waals surface area contributed by atoms with Crippen LogP contribution in [0.5, 0.6) is 5.75 Å². The van der Waals surface area contributed by atoms with E-state index in [1.807, 2.05) is 29.9 Å². The van der Waals surface area contributed by atoms with Crippen molar-refractivity contribution < 1.29 is 15.6 Å².